The van der Waals surface area contributed by atoms with Crippen LogP contribution < -0.4 is 10.6 Å². The van der Waals surface area contributed by atoms with Crippen molar-refractivity contribution in [3.63, 3.8) is 0 Å². The normalized spacial score (nSPS) is 15.9. The second-order valence-corrected chi connectivity index (χ2v) is 7.07. The van der Waals surface area contributed by atoms with Crippen molar-refractivity contribution in [2.75, 3.05) is 10.6 Å². The molecule has 122 valence electrons. The Bertz CT molecular complexity index is 651. The molecule has 0 aliphatic heterocycles. The summed E-state index contributed by atoms with van der Waals surface area (Å²) in [6.07, 6.45) is 7.80. The number of rotatable bonds is 4. The summed E-state index contributed by atoms with van der Waals surface area (Å²) in [6, 6.07) is 10.6. The van der Waals surface area contributed by atoms with Crippen molar-refractivity contribution in [2.24, 2.45) is 0 Å². The molecule has 0 atom stereocenters. The van der Waals surface area contributed by atoms with Crippen molar-refractivity contribution in [3.05, 3.63) is 40.6 Å². The highest BCUT2D eigenvalue weighted by Crippen LogP contribution is 2.23. The topological polar surface area (TPSA) is 49.8 Å². The minimum absolute atomic E-state index is 0.533. The molecule has 0 bridgehead atoms. The SMILES string of the molecule is Cc1nc(Nc2cccc(Br)c2)cc(NC2CCCCCC2)n1. The van der Waals surface area contributed by atoms with E-state index in [2.05, 4.69) is 36.5 Å². The minimum Gasteiger partial charge on any atom is -0.367 e. The summed E-state index contributed by atoms with van der Waals surface area (Å²) >= 11 is 3.49. The zero-order valence-corrected chi connectivity index (χ0v) is 15.1. The van der Waals surface area contributed by atoms with Gasteiger partial charge in [-0.15, -0.1) is 0 Å². The van der Waals surface area contributed by atoms with Gasteiger partial charge in [0.1, 0.15) is 17.5 Å². The van der Waals surface area contributed by atoms with Crippen LogP contribution in [0.3, 0.4) is 0 Å². The molecule has 1 aromatic heterocycles. The van der Waals surface area contributed by atoms with E-state index in [1.807, 2.05) is 37.3 Å². The van der Waals surface area contributed by atoms with Crippen molar-refractivity contribution in [1.29, 1.82) is 0 Å². The molecule has 23 heavy (non-hydrogen) atoms. The lowest BCUT2D eigenvalue weighted by atomic mass is 10.1. The van der Waals surface area contributed by atoms with Crippen molar-refractivity contribution >= 4 is 33.3 Å². The van der Waals surface area contributed by atoms with Crippen molar-refractivity contribution < 1.29 is 0 Å². The molecular weight excluding hydrogens is 352 g/mol. The van der Waals surface area contributed by atoms with Gasteiger partial charge in [0.05, 0.1) is 0 Å². The Labute approximate surface area is 146 Å². The Hall–Kier alpha value is -1.62. The summed E-state index contributed by atoms with van der Waals surface area (Å²) in [6.45, 7) is 1.93. The fourth-order valence-corrected chi connectivity index (χ4v) is 3.45. The third kappa shape index (κ3) is 4.93. The molecule has 0 spiro atoms. The second kappa shape index (κ2) is 7.77. The van der Waals surface area contributed by atoms with Gasteiger partial charge in [0, 0.05) is 22.3 Å². The lowest BCUT2D eigenvalue weighted by Gasteiger charge is -2.18. The molecule has 1 aliphatic rings. The molecule has 0 radical (unpaired) electrons. The Morgan fingerprint density at radius 1 is 1.00 bits per heavy atom. The predicted molar refractivity (Wildman–Crippen MR) is 99.3 cm³/mol. The maximum absolute atomic E-state index is 4.55. The third-order valence-electron chi connectivity index (χ3n) is 4.14. The molecule has 1 aromatic carbocycles. The summed E-state index contributed by atoms with van der Waals surface area (Å²) in [5, 5.41) is 6.95. The van der Waals surface area contributed by atoms with E-state index in [1.165, 1.54) is 38.5 Å². The third-order valence-corrected chi connectivity index (χ3v) is 4.64. The molecule has 0 saturated heterocycles. The summed E-state index contributed by atoms with van der Waals surface area (Å²) in [5.41, 5.74) is 1.01. The molecular formula is C18H23BrN4. The zero-order chi connectivity index (χ0) is 16.1. The summed E-state index contributed by atoms with van der Waals surface area (Å²) in [4.78, 5) is 9.04. The van der Waals surface area contributed by atoms with Gasteiger partial charge in [0.15, 0.2) is 0 Å². The Kier molecular flexibility index (Phi) is 5.49. The first-order valence-electron chi connectivity index (χ1n) is 8.34. The van der Waals surface area contributed by atoms with Gasteiger partial charge < -0.3 is 10.6 Å². The highest BCUT2D eigenvalue weighted by atomic mass is 79.9. The van der Waals surface area contributed by atoms with Crippen molar-refractivity contribution in [2.45, 2.75) is 51.5 Å². The number of benzene rings is 1. The molecule has 2 N–H and O–H groups in total. The number of halogens is 1. The molecule has 0 amide bonds. The fraction of sp³-hybridized carbons (Fsp3) is 0.444. The predicted octanol–water partition coefficient (Wildman–Crippen LogP) is 5.43. The molecule has 2 aromatic rings. The van der Waals surface area contributed by atoms with Crippen LogP contribution in [0.2, 0.25) is 0 Å². The van der Waals surface area contributed by atoms with Crippen LogP contribution in [-0.2, 0) is 0 Å². The van der Waals surface area contributed by atoms with Crippen LogP contribution in [-0.4, -0.2) is 16.0 Å². The van der Waals surface area contributed by atoms with Gasteiger partial charge in [-0.2, -0.15) is 0 Å². The van der Waals surface area contributed by atoms with E-state index in [9.17, 15) is 0 Å². The van der Waals surface area contributed by atoms with Crippen LogP contribution in [0, 0.1) is 6.92 Å². The van der Waals surface area contributed by atoms with Gasteiger partial charge in [0.2, 0.25) is 0 Å². The smallest absolute Gasteiger partial charge is 0.136 e. The molecule has 1 heterocycles. The number of hydrogen-bond donors (Lipinski definition) is 2. The summed E-state index contributed by atoms with van der Waals surface area (Å²) < 4.78 is 1.05. The van der Waals surface area contributed by atoms with Crippen LogP contribution >= 0.6 is 15.9 Å². The molecule has 3 rings (SSSR count). The first-order chi connectivity index (χ1) is 11.2. The average Bonchev–Trinajstić information content (AvgIpc) is 2.75. The molecule has 4 nitrogen and oxygen atoms in total. The van der Waals surface area contributed by atoms with E-state index in [1.54, 1.807) is 0 Å². The quantitative estimate of drug-likeness (QED) is 0.700. The van der Waals surface area contributed by atoms with Gasteiger partial charge in [-0.3, -0.25) is 0 Å². The first-order valence-corrected chi connectivity index (χ1v) is 9.13. The van der Waals surface area contributed by atoms with Crippen LogP contribution in [0.1, 0.15) is 44.3 Å². The van der Waals surface area contributed by atoms with Gasteiger partial charge in [-0.25, -0.2) is 9.97 Å². The minimum atomic E-state index is 0.533. The van der Waals surface area contributed by atoms with E-state index < -0.39 is 0 Å². The molecule has 0 unspecified atom stereocenters. The maximum atomic E-state index is 4.55. The molecule has 1 aliphatic carbocycles. The van der Waals surface area contributed by atoms with Gasteiger partial charge in [-0.1, -0.05) is 47.7 Å². The van der Waals surface area contributed by atoms with Crippen LogP contribution in [0.4, 0.5) is 17.3 Å². The number of nitrogens with zero attached hydrogens (tertiary/aromatic N) is 2. The van der Waals surface area contributed by atoms with E-state index in [0.29, 0.717) is 6.04 Å². The first kappa shape index (κ1) is 16.2. The standard InChI is InChI=1S/C18H23BrN4/c1-13-20-17(22-15-8-4-2-3-5-9-15)12-18(21-13)23-16-10-6-7-14(19)11-16/h6-7,10-12,15H,2-5,8-9H2,1H3,(H2,20,21,22,23). The number of hydrogen-bond acceptors (Lipinski definition) is 4. The van der Waals surface area contributed by atoms with Gasteiger partial charge in [0.25, 0.3) is 0 Å². The lowest BCUT2D eigenvalue weighted by molar-refractivity contribution is 0.617. The van der Waals surface area contributed by atoms with Crippen LogP contribution in [0.25, 0.3) is 0 Å². The maximum Gasteiger partial charge on any atom is 0.136 e. The summed E-state index contributed by atoms with van der Waals surface area (Å²) in [5.74, 6) is 2.52. The molecule has 1 fully saturated rings. The fourth-order valence-electron chi connectivity index (χ4n) is 3.05. The van der Waals surface area contributed by atoms with Crippen molar-refractivity contribution in [1.82, 2.24) is 9.97 Å². The van der Waals surface area contributed by atoms with Crippen LogP contribution in [0.5, 0.6) is 0 Å². The van der Waals surface area contributed by atoms with Gasteiger partial charge >= 0.3 is 0 Å². The number of anilines is 3. The largest absolute Gasteiger partial charge is 0.367 e. The molecule has 5 heteroatoms. The van der Waals surface area contributed by atoms with E-state index >= 15 is 0 Å². The summed E-state index contributed by atoms with van der Waals surface area (Å²) in [7, 11) is 0. The second-order valence-electron chi connectivity index (χ2n) is 6.15. The van der Waals surface area contributed by atoms with Crippen LogP contribution in [0.15, 0.2) is 34.8 Å². The zero-order valence-electron chi connectivity index (χ0n) is 13.5. The Morgan fingerprint density at radius 2 is 1.74 bits per heavy atom. The number of nitrogens with one attached hydrogen (secondary N) is 2. The van der Waals surface area contributed by atoms with E-state index in [4.69, 9.17) is 0 Å². The number of aryl methyl sites for hydroxylation is 1. The lowest BCUT2D eigenvalue weighted by Crippen LogP contribution is -2.19. The number of aromatic nitrogens is 2. The Balaban J connectivity index is 1.73. The monoisotopic (exact) mass is 374 g/mol. The van der Waals surface area contributed by atoms with Gasteiger partial charge in [-0.05, 0) is 38.0 Å². The average molecular weight is 375 g/mol. The highest BCUT2D eigenvalue weighted by Gasteiger charge is 2.13. The Morgan fingerprint density at radius 3 is 2.48 bits per heavy atom. The van der Waals surface area contributed by atoms with E-state index in [0.717, 1.165) is 27.6 Å². The van der Waals surface area contributed by atoms with Crippen molar-refractivity contribution in [3.8, 4) is 0 Å². The molecule has 1 saturated carbocycles. The van der Waals surface area contributed by atoms with E-state index in [-0.39, 0.29) is 0 Å². The highest BCUT2D eigenvalue weighted by molar-refractivity contribution is 9.10.